The summed E-state index contributed by atoms with van der Waals surface area (Å²) in [7, 11) is 15.1. The van der Waals surface area contributed by atoms with Crippen molar-refractivity contribution in [2.75, 3.05) is 52.4 Å². The van der Waals surface area contributed by atoms with Crippen LogP contribution in [0, 0.1) is 0 Å². The van der Waals surface area contributed by atoms with Crippen LogP contribution in [0.5, 0.6) is 0 Å². The van der Waals surface area contributed by atoms with Gasteiger partial charge in [-0.3, -0.25) is 0 Å². The van der Waals surface area contributed by atoms with Crippen LogP contribution >= 0.6 is 19.9 Å². The third kappa shape index (κ3) is 32.5. The van der Waals surface area contributed by atoms with Gasteiger partial charge in [0.1, 0.15) is 0 Å². The number of rotatable bonds is 24. The normalized spacial score (nSPS) is 11.9. The number of unbranched alkanes of at least 4 members (excludes halogenated alkanes) is 8. The molecule has 7 heteroatoms. The molecule has 0 saturated carbocycles. The van der Waals surface area contributed by atoms with Gasteiger partial charge in [-0.15, -0.1) is 0 Å². The zero-order valence-electron chi connectivity index (χ0n) is 27.9. The van der Waals surface area contributed by atoms with E-state index in [2.05, 4.69) is 96.2 Å². The van der Waals surface area contributed by atoms with Gasteiger partial charge in [-0.05, 0) is 51.4 Å². The fourth-order valence-electron chi connectivity index (χ4n) is 5.29. The zero-order chi connectivity index (χ0) is 30.5. The van der Waals surface area contributed by atoms with E-state index in [4.69, 9.17) is 0 Å². The topological polar surface area (TPSA) is 0 Å². The van der Waals surface area contributed by atoms with Crippen LogP contribution in [0.1, 0.15) is 158 Å². The van der Waals surface area contributed by atoms with E-state index in [1.165, 1.54) is 164 Å². The van der Waals surface area contributed by atoms with Crippen molar-refractivity contribution in [3.8, 4) is 0 Å². The second kappa shape index (κ2) is 31.2. The summed E-state index contributed by atoms with van der Waals surface area (Å²) in [6.07, 6.45) is 22.1. The monoisotopic (exact) mass is 799 g/mol. The maximum absolute atomic E-state index is 4.47. The van der Waals surface area contributed by atoms with Crippen LogP contribution in [0.4, 0.5) is 0 Å². The molecule has 39 heavy (non-hydrogen) atoms. The van der Waals surface area contributed by atoms with Crippen molar-refractivity contribution >= 4 is 40.8 Å². The Morgan fingerprint density at radius 1 is 0.359 bits per heavy atom. The first-order valence-electron chi connectivity index (χ1n) is 16.8. The van der Waals surface area contributed by atoms with E-state index in [1.807, 2.05) is 0 Å². The molecule has 0 aromatic heterocycles. The molecule has 0 unspecified atom stereocenters. The molecule has 0 fully saturated rings. The summed E-state index contributed by atoms with van der Waals surface area (Å²) in [4.78, 5) is 0. The van der Waals surface area contributed by atoms with Crippen molar-refractivity contribution in [3.63, 3.8) is 0 Å². The summed E-state index contributed by atoms with van der Waals surface area (Å²) in [5.41, 5.74) is 0. The van der Waals surface area contributed by atoms with Crippen molar-refractivity contribution in [3.05, 3.63) is 0 Å². The second-order valence-corrected chi connectivity index (χ2v) is 39.1. The molecule has 2 nitrogen and oxygen atoms in total. The number of hydrogen-bond acceptors (Lipinski definition) is 4. The van der Waals surface area contributed by atoms with Crippen molar-refractivity contribution in [1.29, 1.82) is 0 Å². The Balaban J connectivity index is -0.000000566. The van der Waals surface area contributed by atoms with Crippen LogP contribution in [0.3, 0.4) is 0 Å². The minimum atomic E-state index is -2.78. The third-order valence-corrected chi connectivity index (χ3v) is 7.89. The predicted octanol–water partition coefficient (Wildman–Crippen LogP) is 11.3. The summed E-state index contributed by atoms with van der Waals surface area (Å²) in [6.45, 7) is 30.0. The first kappa shape index (κ1) is 45.2. The van der Waals surface area contributed by atoms with E-state index < -0.39 is 9.45 Å². The predicted molar refractivity (Wildman–Crippen MR) is 189 cm³/mol. The Labute approximate surface area is 267 Å². The Kier molecular flexibility index (Phi) is 36.1. The Hall–Kier alpha value is 1.72. The van der Waals surface area contributed by atoms with Gasteiger partial charge in [0.2, 0.25) is 0 Å². The quantitative estimate of drug-likeness (QED) is 0.0704. The van der Waals surface area contributed by atoms with Crippen molar-refractivity contribution < 1.29 is 18.4 Å². The van der Waals surface area contributed by atoms with Gasteiger partial charge >= 0.3 is 50.2 Å². The molecule has 0 saturated heterocycles. The van der Waals surface area contributed by atoms with Crippen LogP contribution in [0.25, 0.3) is 0 Å². The Morgan fingerprint density at radius 3 is 0.538 bits per heavy atom. The molecule has 0 aliphatic heterocycles. The van der Waals surface area contributed by atoms with Gasteiger partial charge in [0.15, 0.2) is 0 Å². The summed E-state index contributed by atoms with van der Waals surface area (Å²) in [5, 5.41) is 0. The van der Waals surface area contributed by atoms with Gasteiger partial charge in [-0.25, -0.2) is 0 Å². The van der Waals surface area contributed by atoms with E-state index in [-0.39, 0.29) is 0 Å². The second-order valence-electron chi connectivity index (χ2n) is 11.7. The Bertz CT molecular complexity index is 466. The molecule has 0 rings (SSSR count). The number of quaternary nitrogens is 2. The molecular formula is C32H72N2ReS4. The average Bonchev–Trinajstić information content (AvgIpc) is 2.91. The first-order chi connectivity index (χ1) is 18.5. The molecule has 0 spiro atoms. The van der Waals surface area contributed by atoms with Crippen LogP contribution < -0.4 is 0 Å². The number of hydrogen-bond donors (Lipinski definition) is 0. The zero-order valence-corrected chi connectivity index (χ0v) is 33.9. The van der Waals surface area contributed by atoms with E-state index in [1.54, 1.807) is 0 Å². The van der Waals surface area contributed by atoms with Gasteiger partial charge in [0.25, 0.3) is 0 Å². The van der Waals surface area contributed by atoms with E-state index in [0.717, 1.165) is 0 Å². The van der Waals surface area contributed by atoms with Gasteiger partial charge in [0.05, 0.1) is 52.4 Å². The molecule has 0 aliphatic carbocycles. The van der Waals surface area contributed by atoms with Crippen LogP contribution in [-0.4, -0.2) is 61.3 Å². The van der Waals surface area contributed by atoms with Gasteiger partial charge < -0.3 is 8.97 Å². The van der Waals surface area contributed by atoms with Crippen molar-refractivity contribution in [2.45, 2.75) is 158 Å². The van der Waals surface area contributed by atoms with Crippen molar-refractivity contribution in [1.82, 2.24) is 0 Å². The summed E-state index contributed by atoms with van der Waals surface area (Å²) >= 11 is 0. The molecule has 241 valence electrons. The van der Waals surface area contributed by atoms with E-state index in [0.29, 0.717) is 0 Å². The van der Waals surface area contributed by atoms with Crippen LogP contribution in [0.2, 0.25) is 0 Å². The van der Waals surface area contributed by atoms with E-state index in [9.17, 15) is 0 Å². The standard InChI is InChI=1S/2C16H36N.Re.4S/c2*1-5-9-13-17(14-10-6-2,15-11-7-3)16-12-8-4;;;;;/h2*5-16H2,1-4H3;;;;;/q2*+1;;;;2*-1. The fraction of sp³-hybridized carbons (Fsp3) is 1.00. The summed E-state index contributed by atoms with van der Waals surface area (Å²) < 4.78 is 2.84. The van der Waals surface area contributed by atoms with Crippen molar-refractivity contribution in [2.24, 2.45) is 0 Å². The third-order valence-electron chi connectivity index (χ3n) is 7.89. The summed E-state index contributed by atoms with van der Waals surface area (Å²) in [5.74, 6) is 0. The van der Waals surface area contributed by atoms with Gasteiger partial charge in [0, 0.05) is 0 Å². The van der Waals surface area contributed by atoms with Gasteiger partial charge in [-0.1, -0.05) is 107 Å². The Morgan fingerprint density at radius 2 is 0.462 bits per heavy atom. The number of nitrogens with zero attached hydrogens (tertiary/aromatic N) is 2. The summed E-state index contributed by atoms with van der Waals surface area (Å²) in [6, 6.07) is 0. The molecule has 0 amide bonds. The molecule has 0 N–H and O–H groups in total. The SMILES string of the molecule is CCCC[N+](CCCC)(CCCC)CCCC.CCCC[N+](CCCC)(CCCC)CCCC.[S]=[Re](=[S])([S-])[S-]. The first-order valence-corrected chi connectivity index (χ1v) is 31.3. The molecular weight excluding hydrogens is 727 g/mol. The molecule has 0 heterocycles. The van der Waals surface area contributed by atoms with Crippen LogP contribution in [-0.2, 0) is 30.4 Å². The average molecular weight is 799 g/mol. The van der Waals surface area contributed by atoms with E-state index >= 15 is 0 Å². The molecule has 0 bridgehead atoms. The fourth-order valence-corrected chi connectivity index (χ4v) is 5.29. The van der Waals surface area contributed by atoms with Gasteiger partial charge in [-0.2, -0.15) is 0 Å². The molecule has 0 aliphatic rings. The molecule has 0 aromatic carbocycles. The molecule has 0 aromatic rings. The molecule has 0 radical (unpaired) electrons. The molecule has 0 atom stereocenters. The maximum atomic E-state index is 4.47. The minimum absolute atomic E-state index is 1.35. The van der Waals surface area contributed by atoms with Crippen LogP contribution in [0.15, 0.2) is 0 Å².